The number of nitrogens with zero attached hydrogens (tertiary/aromatic N) is 1. The van der Waals surface area contributed by atoms with Gasteiger partial charge in [0.1, 0.15) is 11.1 Å². The van der Waals surface area contributed by atoms with E-state index in [1.54, 1.807) is 0 Å². The Hall–Kier alpha value is -5.90. The van der Waals surface area contributed by atoms with Gasteiger partial charge in [0.15, 0.2) is 5.58 Å². The number of hydrogen-bond donors (Lipinski definition) is 0. The highest BCUT2D eigenvalue weighted by molar-refractivity contribution is 7.26. The number of fused-ring (bicyclic) bond motifs is 8. The second-order valence-corrected chi connectivity index (χ2v) is 13.1. The summed E-state index contributed by atoms with van der Waals surface area (Å²) in [6.07, 6.45) is 0. The maximum absolute atomic E-state index is 6.72. The van der Waals surface area contributed by atoms with Crippen molar-refractivity contribution in [3.05, 3.63) is 164 Å². The van der Waals surface area contributed by atoms with Gasteiger partial charge in [0.2, 0.25) is 0 Å². The first-order valence-electron chi connectivity index (χ1n) is 15.9. The Labute approximate surface area is 275 Å². The van der Waals surface area contributed by atoms with Gasteiger partial charge in [-0.15, -0.1) is 11.3 Å². The summed E-state index contributed by atoms with van der Waals surface area (Å²) in [5.41, 5.74) is 12.5. The smallest absolute Gasteiger partial charge is 0.161 e. The fourth-order valence-corrected chi connectivity index (χ4v) is 8.69. The van der Waals surface area contributed by atoms with E-state index >= 15 is 0 Å². The van der Waals surface area contributed by atoms with Gasteiger partial charge in [-0.25, -0.2) is 0 Å². The molecule has 2 nitrogen and oxygen atoms in total. The van der Waals surface area contributed by atoms with Gasteiger partial charge in [-0.2, -0.15) is 0 Å². The zero-order chi connectivity index (χ0) is 30.9. The van der Waals surface area contributed by atoms with Crippen LogP contribution in [0.4, 0.5) is 0 Å². The SMILES string of the molecule is c1ccc(-c2cccc3c2sc2c(-c4ccccc4-c4ccc5c(c4)oc4c6ccccc6n(-c6ccccc6)c54)cccc23)cc1. The van der Waals surface area contributed by atoms with Crippen LogP contribution in [0.15, 0.2) is 168 Å². The standard InChI is InChI=1S/C44H27NOS/c1-3-13-28(14-4-1)32-20-11-22-35-36-23-12-21-34(44(36)47-43(32)35)33-18-8-7-17-31(33)29-25-26-38-40(27-29)46-42-37-19-9-10-24-39(37)45(41(38)42)30-15-5-2-6-16-30/h1-27H. The summed E-state index contributed by atoms with van der Waals surface area (Å²) in [5, 5.41) is 4.84. The quantitative estimate of drug-likeness (QED) is 0.192. The number of rotatable bonds is 4. The lowest BCUT2D eigenvalue weighted by Crippen LogP contribution is -1.92. The van der Waals surface area contributed by atoms with E-state index in [4.69, 9.17) is 4.42 Å². The highest BCUT2D eigenvalue weighted by Gasteiger charge is 2.21. The fraction of sp³-hybridized carbons (Fsp3) is 0. The molecule has 0 unspecified atom stereocenters. The second kappa shape index (κ2) is 10.3. The van der Waals surface area contributed by atoms with Gasteiger partial charge >= 0.3 is 0 Å². The van der Waals surface area contributed by atoms with Crippen LogP contribution >= 0.6 is 11.3 Å². The van der Waals surface area contributed by atoms with Gasteiger partial charge in [-0.3, -0.25) is 0 Å². The van der Waals surface area contributed by atoms with Crippen LogP contribution in [-0.2, 0) is 0 Å². The Kier molecular flexibility index (Phi) is 5.78. The van der Waals surface area contributed by atoms with Gasteiger partial charge in [0.25, 0.3) is 0 Å². The summed E-state index contributed by atoms with van der Waals surface area (Å²) in [6.45, 7) is 0. The van der Waals surface area contributed by atoms with Crippen molar-refractivity contribution >= 4 is 64.5 Å². The van der Waals surface area contributed by atoms with E-state index in [-0.39, 0.29) is 0 Å². The molecule has 0 saturated carbocycles. The highest BCUT2D eigenvalue weighted by atomic mass is 32.1. The maximum atomic E-state index is 6.72. The largest absolute Gasteiger partial charge is 0.454 e. The van der Waals surface area contributed by atoms with Gasteiger partial charge in [0.05, 0.1) is 5.52 Å². The van der Waals surface area contributed by atoms with E-state index in [1.165, 1.54) is 48.0 Å². The molecular weight excluding hydrogens is 591 g/mol. The molecule has 3 heteroatoms. The number of benzene rings is 7. The van der Waals surface area contributed by atoms with Crippen molar-refractivity contribution in [1.82, 2.24) is 4.57 Å². The van der Waals surface area contributed by atoms with Crippen LogP contribution in [0.1, 0.15) is 0 Å². The third kappa shape index (κ3) is 3.97. The van der Waals surface area contributed by atoms with Crippen molar-refractivity contribution in [2.24, 2.45) is 0 Å². The number of thiophene rings is 1. The fourth-order valence-electron chi connectivity index (χ4n) is 7.33. The van der Waals surface area contributed by atoms with Crippen LogP contribution in [0.5, 0.6) is 0 Å². The van der Waals surface area contributed by atoms with Crippen molar-refractivity contribution in [2.45, 2.75) is 0 Å². The van der Waals surface area contributed by atoms with E-state index in [1.807, 2.05) is 11.3 Å². The predicted octanol–water partition coefficient (Wildman–Crippen LogP) is 12.9. The summed E-state index contributed by atoms with van der Waals surface area (Å²) >= 11 is 1.89. The van der Waals surface area contributed by atoms with Gasteiger partial charge < -0.3 is 8.98 Å². The minimum Gasteiger partial charge on any atom is -0.454 e. The van der Waals surface area contributed by atoms with Crippen molar-refractivity contribution in [3.8, 4) is 39.1 Å². The number of para-hydroxylation sites is 2. The molecule has 0 saturated heterocycles. The zero-order valence-electron chi connectivity index (χ0n) is 25.4. The third-order valence-electron chi connectivity index (χ3n) is 9.43. The molecule has 0 radical (unpaired) electrons. The molecule has 0 aliphatic rings. The number of furan rings is 1. The molecule has 0 spiro atoms. The molecule has 0 aliphatic heterocycles. The highest BCUT2D eigenvalue weighted by Crippen LogP contribution is 2.46. The molecule has 0 N–H and O–H groups in total. The predicted molar refractivity (Wildman–Crippen MR) is 200 cm³/mol. The third-order valence-corrected chi connectivity index (χ3v) is 10.7. The Morgan fingerprint density at radius 2 is 1.04 bits per heavy atom. The van der Waals surface area contributed by atoms with Crippen molar-refractivity contribution in [1.29, 1.82) is 0 Å². The molecule has 10 rings (SSSR count). The van der Waals surface area contributed by atoms with E-state index in [0.29, 0.717) is 0 Å². The van der Waals surface area contributed by atoms with Gasteiger partial charge in [0, 0.05) is 42.2 Å². The zero-order valence-corrected chi connectivity index (χ0v) is 26.2. The molecule has 0 bridgehead atoms. The second-order valence-electron chi connectivity index (χ2n) is 12.1. The molecule has 0 fully saturated rings. The lowest BCUT2D eigenvalue weighted by Gasteiger charge is -2.11. The van der Waals surface area contributed by atoms with Crippen LogP contribution in [0, 0.1) is 0 Å². The minimum absolute atomic E-state index is 0.894. The number of aromatic nitrogens is 1. The van der Waals surface area contributed by atoms with Crippen LogP contribution in [0.3, 0.4) is 0 Å². The van der Waals surface area contributed by atoms with Crippen molar-refractivity contribution in [3.63, 3.8) is 0 Å². The average molecular weight is 618 g/mol. The summed E-state index contributed by atoms with van der Waals surface area (Å²) in [6, 6.07) is 58.7. The normalized spacial score (nSPS) is 11.8. The molecule has 10 aromatic rings. The lowest BCUT2D eigenvalue weighted by molar-refractivity contribution is 0.673. The first kappa shape index (κ1) is 26.3. The van der Waals surface area contributed by atoms with Crippen LogP contribution in [0.25, 0.3) is 92.2 Å². The summed E-state index contributed by atoms with van der Waals surface area (Å²) in [4.78, 5) is 0. The molecule has 0 amide bonds. The first-order chi connectivity index (χ1) is 23.3. The monoisotopic (exact) mass is 617 g/mol. The summed E-state index contributed by atoms with van der Waals surface area (Å²) in [5.74, 6) is 0. The molecule has 3 heterocycles. The molecule has 0 atom stereocenters. The number of hydrogen-bond acceptors (Lipinski definition) is 2. The molecule has 3 aromatic heterocycles. The molecule has 47 heavy (non-hydrogen) atoms. The topological polar surface area (TPSA) is 18.1 Å². The Morgan fingerprint density at radius 3 is 1.85 bits per heavy atom. The van der Waals surface area contributed by atoms with Gasteiger partial charge in [-0.1, -0.05) is 127 Å². The first-order valence-corrected chi connectivity index (χ1v) is 16.8. The van der Waals surface area contributed by atoms with Crippen LogP contribution in [-0.4, -0.2) is 4.57 Å². The van der Waals surface area contributed by atoms with E-state index < -0.39 is 0 Å². The Morgan fingerprint density at radius 1 is 0.426 bits per heavy atom. The van der Waals surface area contributed by atoms with E-state index in [2.05, 4.69) is 168 Å². The van der Waals surface area contributed by atoms with Crippen LogP contribution < -0.4 is 0 Å². The van der Waals surface area contributed by atoms with Crippen molar-refractivity contribution < 1.29 is 4.42 Å². The molecule has 0 aliphatic carbocycles. The minimum atomic E-state index is 0.894. The lowest BCUT2D eigenvalue weighted by atomic mass is 9.93. The van der Waals surface area contributed by atoms with E-state index in [0.717, 1.165) is 44.2 Å². The molecular formula is C44H27NOS. The van der Waals surface area contributed by atoms with Crippen LogP contribution in [0.2, 0.25) is 0 Å². The average Bonchev–Trinajstić information content (AvgIpc) is 3.81. The Balaban J connectivity index is 1.17. The molecule has 220 valence electrons. The Bertz CT molecular complexity index is 2780. The summed E-state index contributed by atoms with van der Waals surface area (Å²) < 4.78 is 11.7. The van der Waals surface area contributed by atoms with Crippen molar-refractivity contribution in [2.75, 3.05) is 0 Å². The van der Waals surface area contributed by atoms with Gasteiger partial charge in [-0.05, 0) is 64.2 Å². The maximum Gasteiger partial charge on any atom is 0.161 e. The molecule has 7 aromatic carbocycles. The van der Waals surface area contributed by atoms with E-state index in [9.17, 15) is 0 Å². The summed E-state index contributed by atoms with van der Waals surface area (Å²) in [7, 11) is 0.